The SMILES string of the molecule is CC(Br)=Cc1ccc(F)cc1. The largest absolute Gasteiger partial charge is 0.207 e. The van der Waals surface area contributed by atoms with Crippen molar-refractivity contribution < 1.29 is 4.39 Å². The van der Waals surface area contributed by atoms with Crippen molar-refractivity contribution in [3.05, 3.63) is 40.1 Å². The van der Waals surface area contributed by atoms with Gasteiger partial charge in [-0.25, -0.2) is 4.39 Å². The molecule has 0 spiro atoms. The Morgan fingerprint density at radius 2 is 1.91 bits per heavy atom. The lowest BCUT2D eigenvalue weighted by molar-refractivity contribution is 0.628. The Balaban J connectivity index is 2.91. The first-order valence-electron chi connectivity index (χ1n) is 3.28. The Morgan fingerprint density at radius 3 is 2.36 bits per heavy atom. The molecule has 0 aliphatic heterocycles. The van der Waals surface area contributed by atoms with E-state index >= 15 is 0 Å². The summed E-state index contributed by atoms with van der Waals surface area (Å²) in [7, 11) is 0. The second kappa shape index (κ2) is 3.67. The van der Waals surface area contributed by atoms with Gasteiger partial charge in [0.05, 0.1) is 0 Å². The third-order valence-corrected chi connectivity index (χ3v) is 1.46. The van der Waals surface area contributed by atoms with Gasteiger partial charge in [0.15, 0.2) is 0 Å². The van der Waals surface area contributed by atoms with E-state index in [0.717, 1.165) is 10.0 Å². The number of benzene rings is 1. The van der Waals surface area contributed by atoms with Gasteiger partial charge in [0.1, 0.15) is 5.82 Å². The van der Waals surface area contributed by atoms with Crippen LogP contribution in [0.2, 0.25) is 0 Å². The van der Waals surface area contributed by atoms with Gasteiger partial charge in [0, 0.05) is 0 Å². The van der Waals surface area contributed by atoms with E-state index in [1.165, 1.54) is 12.1 Å². The molecule has 0 amide bonds. The molecule has 0 bridgehead atoms. The Hall–Kier alpha value is -0.630. The average molecular weight is 215 g/mol. The summed E-state index contributed by atoms with van der Waals surface area (Å²) in [4.78, 5) is 0. The van der Waals surface area contributed by atoms with Crippen molar-refractivity contribution >= 4 is 22.0 Å². The fraction of sp³-hybridized carbons (Fsp3) is 0.111. The number of halogens is 2. The summed E-state index contributed by atoms with van der Waals surface area (Å²) < 4.78 is 13.4. The summed E-state index contributed by atoms with van der Waals surface area (Å²) in [6.07, 6.45) is 1.93. The molecular formula is C9H8BrF. The molecule has 0 aliphatic rings. The van der Waals surface area contributed by atoms with Crippen LogP contribution in [0, 0.1) is 5.82 Å². The molecule has 0 nitrogen and oxygen atoms in total. The average Bonchev–Trinajstić information content (AvgIpc) is 1.93. The van der Waals surface area contributed by atoms with Gasteiger partial charge in [-0.15, -0.1) is 0 Å². The van der Waals surface area contributed by atoms with E-state index in [2.05, 4.69) is 15.9 Å². The number of rotatable bonds is 1. The van der Waals surface area contributed by atoms with E-state index in [9.17, 15) is 4.39 Å². The van der Waals surface area contributed by atoms with E-state index < -0.39 is 0 Å². The van der Waals surface area contributed by atoms with Crippen molar-refractivity contribution in [1.29, 1.82) is 0 Å². The van der Waals surface area contributed by atoms with Gasteiger partial charge in [0.2, 0.25) is 0 Å². The molecular weight excluding hydrogens is 207 g/mol. The molecule has 0 radical (unpaired) electrons. The van der Waals surface area contributed by atoms with Gasteiger partial charge in [-0.2, -0.15) is 0 Å². The van der Waals surface area contributed by atoms with Gasteiger partial charge in [-0.05, 0) is 35.2 Å². The van der Waals surface area contributed by atoms with E-state index in [4.69, 9.17) is 0 Å². The highest BCUT2D eigenvalue weighted by Gasteiger charge is 1.89. The Bertz CT molecular complexity index is 257. The lowest BCUT2D eigenvalue weighted by Gasteiger charge is -1.92. The van der Waals surface area contributed by atoms with Gasteiger partial charge in [-0.3, -0.25) is 0 Å². The lowest BCUT2D eigenvalue weighted by Crippen LogP contribution is -1.74. The van der Waals surface area contributed by atoms with Crippen molar-refractivity contribution in [2.24, 2.45) is 0 Å². The van der Waals surface area contributed by atoms with Crippen LogP contribution in [0.25, 0.3) is 6.08 Å². The number of allylic oxidation sites excluding steroid dienone is 1. The highest BCUT2D eigenvalue weighted by Crippen LogP contribution is 2.11. The van der Waals surface area contributed by atoms with E-state index in [0.29, 0.717) is 0 Å². The van der Waals surface area contributed by atoms with E-state index in [1.54, 1.807) is 12.1 Å². The highest BCUT2D eigenvalue weighted by atomic mass is 79.9. The standard InChI is InChI=1S/C9H8BrF/c1-7(10)6-8-2-4-9(11)5-3-8/h2-6H,1H3. The fourth-order valence-corrected chi connectivity index (χ4v) is 1.05. The maximum atomic E-state index is 12.4. The van der Waals surface area contributed by atoms with Crippen molar-refractivity contribution in [3.8, 4) is 0 Å². The molecule has 11 heavy (non-hydrogen) atoms. The monoisotopic (exact) mass is 214 g/mol. The molecule has 0 saturated carbocycles. The minimum Gasteiger partial charge on any atom is -0.207 e. The summed E-state index contributed by atoms with van der Waals surface area (Å²) in [6, 6.07) is 6.36. The van der Waals surface area contributed by atoms with Crippen molar-refractivity contribution in [1.82, 2.24) is 0 Å². The predicted molar refractivity (Wildman–Crippen MR) is 49.0 cm³/mol. The second-order valence-electron chi connectivity index (χ2n) is 2.28. The van der Waals surface area contributed by atoms with Crippen LogP contribution in [0.3, 0.4) is 0 Å². The molecule has 0 fully saturated rings. The molecule has 0 unspecified atom stereocenters. The second-order valence-corrected chi connectivity index (χ2v) is 3.53. The van der Waals surface area contributed by atoms with E-state index in [1.807, 2.05) is 13.0 Å². The van der Waals surface area contributed by atoms with Crippen LogP contribution in [0.5, 0.6) is 0 Å². The summed E-state index contributed by atoms with van der Waals surface area (Å²) >= 11 is 3.30. The van der Waals surface area contributed by atoms with Gasteiger partial charge < -0.3 is 0 Å². The van der Waals surface area contributed by atoms with Crippen LogP contribution in [0.4, 0.5) is 4.39 Å². The van der Waals surface area contributed by atoms with Crippen LogP contribution < -0.4 is 0 Å². The molecule has 0 aliphatic carbocycles. The maximum Gasteiger partial charge on any atom is 0.123 e. The Labute approximate surface area is 73.9 Å². The predicted octanol–water partition coefficient (Wildman–Crippen LogP) is 3.58. The van der Waals surface area contributed by atoms with Gasteiger partial charge in [0.25, 0.3) is 0 Å². The molecule has 0 saturated heterocycles. The zero-order valence-electron chi connectivity index (χ0n) is 6.14. The fourth-order valence-electron chi connectivity index (χ4n) is 0.789. The van der Waals surface area contributed by atoms with Crippen LogP contribution in [-0.4, -0.2) is 0 Å². The zero-order chi connectivity index (χ0) is 8.27. The number of hydrogen-bond acceptors (Lipinski definition) is 0. The molecule has 1 aromatic carbocycles. The molecule has 0 heterocycles. The molecule has 0 atom stereocenters. The normalized spacial score (nSPS) is 11.7. The molecule has 58 valence electrons. The molecule has 0 N–H and O–H groups in total. The number of hydrogen-bond donors (Lipinski definition) is 0. The van der Waals surface area contributed by atoms with E-state index in [-0.39, 0.29) is 5.82 Å². The van der Waals surface area contributed by atoms with Gasteiger partial charge >= 0.3 is 0 Å². The van der Waals surface area contributed by atoms with Crippen LogP contribution in [-0.2, 0) is 0 Å². The minimum atomic E-state index is -0.200. The van der Waals surface area contributed by atoms with Crippen LogP contribution in [0.15, 0.2) is 28.7 Å². The third-order valence-electron chi connectivity index (χ3n) is 1.24. The molecule has 2 heteroatoms. The van der Waals surface area contributed by atoms with Crippen molar-refractivity contribution in [2.75, 3.05) is 0 Å². The molecule has 1 rings (SSSR count). The summed E-state index contributed by atoms with van der Waals surface area (Å²) in [5.74, 6) is -0.200. The summed E-state index contributed by atoms with van der Waals surface area (Å²) in [5.41, 5.74) is 1.00. The maximum absolute atomic E-state index is 12.4. The van der Waals surface area contributed by atoms with Crippen LogP contribution >= 0.6 is 15.9 Å². The smallest absolute Gasteiger partial charge is 0.123 e. The first kappa shape index (κ1) is 8.47. The van der Waals surface area contributed by atoms with Gasteiger partial charge in [-0.1, -0.05) is 28.1 Å². The Morgan fingerprint density at radius 1 is 1.36 bits per heavy atom. The first-order valence-corrected chi connectivity index (χ1v) is 4.07. The lowest BCUT2D eigenvalue weighted by atomic mass is 10.2. The molecule has 1 aromatic rings. The highest BCUT2D eigenvalue weighted by molar-refractivity contribution is 9.11. The topological polar surface area (TPSA) is 0 Å². The Kier molecular flexibility index (Phi) is 2.83. The first-order chi connectivity index (χ1) is 5.18. The quantitative estimate of drug-likeness (QED) is 0.671. The zero-order valence-corrected chi connectivity index (χ0v) is 7.73. The third kappa shape index (κ3) is 2.85. The van der Waals surface area contributed by atoms with Crippen molar-refractivity contribution in [2.45, 2.75) is 6.92 Å². The summed E-state index contributed by atoms with van der Waals surface area (Å²) in [5, 5.41) is 0. The molecule has 0 aromatic heterocycles. The minimum absolute atomic E-state index is 0.200. The summed E-state index contributed by atoms with van der Waals surface area (Å²) in [6.45, 7) is 1.93. The van der Waals surface area contributed by atoms with Crippen LogP contribution in [0.1, 0.15) is 12.5 Å². The van der Waals surface area contributed by atoms with Crippen molar-refractivity contribution in [3.63, 3.8) is 0 Å².